The van der Waals surface area contributed by atoms with Crippen LogP contribution >= 0.6 is 0 Å². The topological polar surface area (TPSA) is 49.6 Å². The number of primary amides is 1. The van der Waals surface area contributed by atoms with E-state index in [0.29, 0.717) is 5.41 Å². The molecule has 1 spiro atoms. The minimum absolute atomic E-state index is 0.207. The molecule has 2 heterocycles. The van der Waals surface area contributed by atoms with Crippen molar-refractivity contribution in [2.45, 2.75) is 58.3 Å². The molecule has 0 atom stereocenters. The van der Waals surface area contributed by atoms with Crippen molar-refractivity contribution in [1.29, 1.82) is 0 Å². The summed E-state index contributed by atoms with van der Waals surface area (Å²) in [5, 5.41) is 0. The Labute approximate surface area is 152 Å². The predicted octanol–water partition coefficient (Wildman–Crippen LogP) is 4.14. The number of urea groups is 1. The van der Waals surface area contributed by atoms with Crippen molar-refractivity contribution in [3.63, 3.8) is 0 Å². The third-order valence-corrected chi connectivity index (χ3v) is 6.06. The number of likely N-dealkylation sites (tertiary alicyclic amines) is 1. The molecule has 2 aliphatic rings. The first-order valence-electron chi connectivity index (χ1n) is 9.70. The van der Waals surface area contributed by atoms with Gasteiger partial charge in [0.05, 0.1) is 0 Å². The van der Waals surface area contributed by atoms with Gasteiger partial charge < -0.3 is 10.6 Å². The van der Waals surface area contributed by atoms with Crippen molar-refractivity contribution in [2.75, 3.05) is 31.1 Å². The Morgan fingerprint density at radius 2 is 1.80 bits per heavy atom. The van der Waals surface area contributed by atoms with Crippen molar-refractivity contribution in [1.82, 2.24) is 4.90 Å². The van der Waals surface area contributed by atoms with Gasteiger partial charge in [0, 0.05) is 12.2 Å². The maximum Gasteiger partial charge on any atom is 0.319 e. The molecule has 0 aliphatic carbocycles. The highest BCUT2D eigenvalue weighted by Gasteiger charge is 2.40. The number of rotatable bonds is 2. The fraction of sp³-hybridized carbons (Fsp3) is 0.667. The summed E-state index contributed by atoms with van der Waals surface area (Å²) >= 11 is 0. The number of fused-ring (bicyclic) bond motifs is 2. The first-order valence-corrected chi connectivity index (χ1v) is 9.70. The number of anilines is 1. The van der Waals surface area contributed by atoms with Gasteiger partial charge in [0.2, 0.25) is 0 Å². The minimum atomic E-state index is -0.327. The summed E-state index contributed by atoms with van der Waals surface area (Å²) in [5.41, 5.74) is 8.63. The Kier molecular flexibility index (Phi) is 5.10. The highest BCUT2D eigenvalue weighted by Crippen LogP contribution is 2.45. The lowest BCUT2D eigenvalue weighted by Crippen LogP contribution is -2.43. The standard InChI is InChI=1S/C21H33N3O/c1-20(2,3)10-14-23-15-11-21(12-16-23)9-6-13-24(19(22)25)18-8-5-4-7-17(18)21/h4-5,7-8H,6,9-16H2,1-3H3,(H2,22,25). The second-order valence-corrected chi connectivity index (χ2v) is 9.04. The van der Waals surface area contributed by atoms with Gasteiger partial charge in [-0.1, -0.05) is 39.0 Å². The molecule has 1 saturated heterocycles. The number of piperidine rings is 1. The van der Waals surface area contributed by atoms with Crippen LogP contribution in [0, 0.1) is 5.41 Å². The molecule has 1 aromatic carbocycles. The Morgan fingerprint density at radius 3 is 2.44 bits per heavy atom. The molecule has 0 saturated carbocycles. The molecule has 4 nitrogen and oxygen atoms in total. The average molecular weight is 344 g/mol. The van der Waals surface area contributed by atoms with Gasteiger partial charge in [-0.3, -0.25) is 4.90 Å². The molecular weight excluding hydrogens is 310 g/mol. The summed E-state index contributed by atoms with van der Waals surface area (Å²) in [6.45, 7) is 11.2. The normalized spacial score (nSPS) is 21.0. The Bertz CT molecular complexity index is 612. The van der Waals surface area contributed by atoms with Gasteiger partial charge >= 0.3 is 6.03 Å². The fourth-order valence-corrected chi connectivity index (χ4v) is 4.43. The van der Waals surface area contributed by atoms with E-state index in [1.54, 1.807) is 4.90 Å². The number of benzene rings is 1. The van der Waals surface area contributed by atoms with Crippen LogP contribution < -0.4 is 10.6 Å². The summed E-state index contributed by atoms with van der Waals surface area (Å²) < 4.78 is 0. The SMILES string of the molecule is CC(C)(C)CCN1CCC2(CCCN(C(N)=O)c3ccccc32)CC1. The van der Waals surface area contributed by atoms with E-state index < -0.39 is 0 Å². The second-order valence-electron chi connectivity index (χ2n) is 9.04. The number of carbonyl (C=O) groups is 1. The first kappa shape index (κ1) is 18.2. The maximum absolute atomic E-state index is 11.9. The number of para-hydroxylation sites is 1. The zero-order valence-corrected chi connectivity index (χ0v) is 16.1. The molecule has 1 fully saturated rings. The Morgan fingerprint density at radius 1 is 1.12 bits per heavy atom. The molecule has 0 radical (unpaired) electrons. The molecule has 2 amide bonds. The van der Waals surface area contributed by atoms with Gasteiger partial charge in [-0.15, -0.1) is 0 Å². The first-order chi connectivity index (χ1) is 11.8. The van der Waals surface area contributed by atoms with E-state index in [2.05, 4.69) is 43.9 Å². The van der Waals surface area contributed by atoms with E-state index >= 15 is 0 Å². The lowest BCUT2D eigenvalue weighted by Gasteiger charge is -2.43. The zero-order valence-electron chi connectivity index (χ0n) is 16.1. The second kappa shape index (κ2) is 6.99. The van der Waals surface area contributed by atoms with Gasteiger partial charge in [-0.25, -0.2) is 4.79 Å². The molecule has 3 rings (SSSR count). The summed E-state index contributed by atoms with van der Waals surface area (Å²) in [7, 11) is 0. The molecule has 2 aliphatic heterocycles. The maximum atomic E-state index is 11.9. The molecule has 0 aromatic heterocycles. The zero-order chi connectivity index (χ0) is 18.1. The summed E-state index contributed by atoms with van der Waals surface area (Å²) in [4.78, 5) is 16.3. The molecule has 4 heteroatoms. The van der Waals surface area contributed by atoms with Crippen LogP contribution in [-0.2, 0) is 5.41 Å². The van der Waals surface area contributed by atoms with Gasteiger partial charge in [0.15, 0.2) is 0 Å². The van der Waals surface area contributed by atoms with E-state index in [4.69, 9.17) is 5.73 Å². The van der Waals surface area contributed by atoms with Crippen LogP contribution in [0.1, 0.15) is 58.4 Å². The summed E-state index contributed by atoms with van der Waals surface area (Å²) in [6, 6.07) is 8.09. The summed E-state index contributed by atoms with van der Waals surface area (Å²) in [6.07, 6.45) is 5.79. The molecule has 0 bridgehead atoms. The molecular formula is C21H33N3O. The fourth-order valence-electron chi connectivity index (χ4n) is 4.43. The van der Waals surface area contributed by atoms with Crippen LogP contribution in [0.15, 0.2) is 24.3 Å². The van der Waals surface area contributed by atoms with Crippen molar-refractivity contribution in [3.8, 4) is 0 Å². The van der Waals surface area contributed by atoms with Gasteiger partial charge in [0.1, 0.15) is 0 Å². The van der Waals surface area contributed by atoms with E-state index in [1.807, 2.05) is 6.07 Å². The van der Waals surface area contributed by atoms with Crippen LogP contribution in [0.5, 0.6) is 0 Å². The number of amides is 2. The van der Waals surface area contributed by atoms with Crippen LogP contribution in [0.2, 0.25) is 0 Å². The molecule has 25 heavy (non-hydrogen) atoms. The molecule has 2 N–H and O–H groups in total. The quantitative estimate of drug-likeness (QED) is 0.877. The number of hydrogen-bond acceptors (Lipinski definition) is 2. The predicted molar refractivity (Wildman–Crippen MR) is 104 cm³/mol. The number of nitrogens with zero attached hydrogens (tertiary/aromatic N) is 2. The third kappa shape index (κ3) is 4.00. The Balaban J connectivity index is 1.78. The summed E-state index contributed by atoms with van der Waals surface area (Å²) in [5.74, 6) is 0. The third-order valence-electron chi connectivity index (χ3n) is 6.06. The highest BCUT2D eigenvalue weighted by molar-refractivity contribution is 5.92. The van der Waals surface area contributed by atoms with Crippen molar-refractivity contribution in [2.24, 2.45) is 11.1 Å². The van der Waals surface area contributed by atoms with E-state index in [0.717, 1.165) is 38.2 Å². The lowest BCUT2D eigenvalue weighted by atomic mass is 9.69. The van der Waals surface area contributed by atoms with Crippen LogP contribution in [0.25, 0.3) is 0 Å². The lowest BCUT2D eigenvalue weighted by molar-refractivity contribution is 0.137. The van der Waals surface area contributed by atoms with Crippen LogP contribution in [-0.4, -0.2) is 37.1 Å². The number of hydrogen-bond donors (Lipinski definition) is 1. The monoisotopic (exact) mass is 343 g/mol. The van der Waals surface area contributed by atoms with Crippen molar-refractivity contribution >= 4 is 11.7 Å². The minimum Gasteiger partial charge on any atom is -0.351 e. The van der Waals surface area contributed by atoms with Crippen LogP contribution in [0.4, 0.5) is 10.5 Å². The van der Waals surface area contributed by atoms with Gasteiger partial charge in [-0.05, 0) is 74.2 Å². The van der Waals surface area contributed by atoms with Gasteiger partial charge in [0.25, 0.3) is 0 Å². The van der Waals surface area contributed by atoms with E-state index in [9.17, 15) is 4.79 Å². The van der Waals surface area contributed by atoms with Crippen molar-refractivity contribution < 1.29 is 4.79 Å². The van der Waals surface area contributed by atoms with Crippen LogP contribution in [0.3, 0.4) is 0 Å². The number of nitrogens with two attached hydrogens (primary N) is 1. The molecule has 0 unspecified atom stereocenters. The van der Waals surface area contributed by atoms with E-state index in [-0.39, 0.29) is 11.4 Å². The highest BCUT2D eigenvalue weighted by atomic mass is 16.2. The molecule has 138 valence electrons. The van der Waals surface area contributed by atoms with Gasteiger partial charge in [-0.2, -0.15) is 0 Å². The largest absolute Gasteiger partial charge is 0.351 e. The molecule has 1 aromatic rings. The van der Waals surface area contributed by atoms with E-state index in [1.165, 1.54) is 31.4 Å². The average Bonchev–Trinajstić information content (AvgIpc) is 2.72. The van der Waals surface area contributed by atoms with Crippen molar-refractivity contribution in [3.05, 3.63) is 29.8 Å². The Hall–Kier alpha value is -1.55. The smallest absolute Gasteiger partial charge is 0.319 e. The number of carbonyl (C=O) groups excluding carboxylic acids is 1.